The Kier molecular flexibility index (Phi) is 6.05. The van der Waals surface area contributed by atoms with Crippen molar-refractivity contribution in [3.8, 4) is 0 Å². The van der Waals surface area contributed by atoms with Crippen molar-refractivity contribution in [2.45, 2.75) is 38.0 Å². The molecule has 2 atom stereocenters. The third-order valence-corrected chi connectivity index (χ3v) is 4.87. The van der Waals surface area contributed by atoms with Gasteiger partial charge in [0.2, 0.25) is 0 Å². The van der Waals surface area contributed by atoms with Gasteiger partial charge in [0.25, 0.3) is 0 Å². The quantitative estimate of drug-likeness (QED) is 0.638. The summed E-state index contributed by atoms with van der Waals surface area (Å²) in [6.07, 6.45) is 2.30. The Hall–Kier alpha value is -0.360. The highest BCUT2D eigenvalue weighted by Gasteiger charge is 2.30. The highest BCUT2D eigenvalue weighted by molar-refractivity contribution is 9.10. The second kappa shape index (κ2) is 6.88. The Morgan fingerprint density at radius 3 is 2.68 bits per heavy atom. The highest BCUT2D eigenvalue weighted by Crippen LogP contribution is 2.29. The lowest BCUT2D eigenvalue weighted by atomic mass is 10.0. The Balaban J connectivity index is 3.00. The van der Waals surface area contributed by atoms with Gasteiger partial charge in [-0.3, -0.25) is 0 Å². The number of hydrogen-bond acceptors (Lipinski definition) is 2. The van der Waals surface area contributed by atoms with E-state index in [0.29, 0.717) is 6.42 Å². The Morgan fingerprint density at radius 2 is 2.16 bits per heavy atom. The van der Waals surface area contributed by atoms with Crippen molar-refractivity contribution in [2.24, 2.45) is 0 Å². The van der Waals surface area contributed by atoms with Crippen LogP contribution >= 0.6 is 15.9 Å². The number of benzene rings is 1. The van der Waals surface area contributed by atoms with Gasteiger partial charge in [0, 0.05) is 15.8 Å². The van der Waals surface area contributed by atoms with Crippen LogP contribution in [0.25, 0.3) is 0 Å². The van der Waals surface area contributed by atoms with Gasteiger partial charge in [0.15, 0.2) is 0 Å². The van der Waals surface area contributed by atoms with Crippen LogP contribution in [-0.4, -0.2) is 9.30 Å². The normalized spacial score (nSPS) is 15.1. The van der Waals surface area contributed by atoms with Gasteiger partial charge in [-0.05, 0) is 51.0 Å². The van der Waals surface area contributed by atoms with Gasteiger partial charge in [-0.15, -0.1) is 11.3 Å². The third-order valence-electron chi connectivity index (χ3n) is 2.54. The SMILES string of the molecule is C=CC[C@H](N[S+]([O-])C(C)(C)C)c1cc(F)ccc1Br. The molecule has 0 heterocycles. The largest absolute Gasteiger partial charge is 0.598 e. The van der Waals surface area contributed by atoms with Crippen LogP contribution in [0, 0.1) is 5.82 Å². The maximum Gasteiger partial charge on any atom is 0.136 e. The summed E-state index contributed by atoms with van der Waals surface area (Å²) >= 11 is 2.18. The minimum atomic E-state index is -1.23. The van der Waals surface area contributed by atoms with E-state index in [-0.39, 0.29) is 16.6 Å². The monoisotopic (exact) mass is 347 g/mol. The minimum Gasteiger partial charge on any atom is -0.598 e. The molecule has 1 aromatic carbocycles. The van der Waals surface area contributed by atoms with E-state index >= 15 is 0 Å². The van der Waals surface area contributed by atoms with Crippen molar-refractivity contribution in [3.63, 3.8) is 0 Å². The summed E-state index contributed by atoms with van der Waals surface area (Å²) in [4.78, 5) is 0. The summed E-state index contributed by atoms with van der Waals surface area (Å²) in [5.74, 6) is -0.310. The zero-order valence-corrected chi connectivity index (χ0v) is 13.8. The van der Waals surface area contributed by atoms with E-state index < -0.39 is 11.4 Å². The molecular formula is C14H19BrFNOS. The molecule has 106 valence electrons. The predicted molar refractivity (Wildman–Crippen MR) is 82.7 cm³/mol. The van der Waals surface area contributed by atoms with Crippen molar-refractivity contribution in [1.29, 1.82) is 0 Å². The molecule has 1 N–H and O–H groups in total. The van der Waals surface area contributed by atoms with Crippen LogP contribution < -0.4 is 4.72 Å². The lowest BCUT2D eigenvalue weighted by molar-refractivity contribution is 0.522. The average Bonchev–Trinajstić information content (AvgIpc) is 2.30. The van der Waals surface area contributed by atoms with Gasteiger partial charge in [-0.1, -0.05) is 22.0 Å². The van der Waals surface area contributed by atoms with Gasteiger partial charge in [0.1, 0.15) is 10.6 Å². The fraction of sp³-hybridized carbons (Fsp3) is 0.429. The summed E-state index contributed by atoms with van der Waals surface area (Å²) in [6, 6.07) is 4.26. The topological polar surface area (TPSA) is 35.1 Å². The maximum atomic E-state index is 13.4. The van der Waals surface area contributed by atoms with Crippen LogP contribution in [-0.2, 0) is 11.4 Å². The molecule has 0 aromatic heterocycles. The average molecular weight is 348 g/mol. The van der Waals surface area contributed by atoms with Crippen molar-refractivity contribution >= 4 is 27.3 Å². The first-order valence-corrected chi connectivity index (χ1v) is 7.94. The van der Waals surface area contributed by atoms with Crippen molar-refractivity contribution < 1.29 is 8.94 Å². The summed E-state index contributed by atoms with van der Waals surface area (Å²) in [5, 5.41) is 0. The van der Waals surface area contributed by atoms with Crippen LogP contribution in [0.3, 0.4) is 0 Å². The second-order valence-electron chi connectivity index (χ2n) is 5.24. The van der Waals surface area contributed by atoms with Gasteiger partial charge >= 0.3 is 0 Å². The molecule has 2 nitrogen and oxygen atoms in total. The molecule has 1 rings (SSSR count). The molecule has 0 spiro atoms. The minimum absolute atomic E-state index is 0.234. The Bertz CT molecular complexity index is 448. The van der Waals surface area contributed by atoms with Crippen LogP contribution in [0.5, 0.6) is 0 Å². The Morgan fingerprint density at radius 1 is 1.53 bits per heavy atom. The zero-order valence-electron chi connectivity index (χ0n) is 11.4. The van der Waals surface area contributed by atoms with Gasteiger partial charge < -0.3 is 4.55 Å². The van der Waals surface area contributed by atoms with E-state index in [1.165, 1.54) is 12.1 Å². The number of nitrogens with one attached hydrogen (secondary N) is 1. The van der Waals surface area contributed by atoms with Gasteiger partial charge in [0.05, 0.1) is 6.04 Å². The van der Waals surface area contributed by atoms with Crippen molar-refractivity contribution in [3.05, 3.63) is 46.7 Å². The number of hydrogen-bond donors (Lipinski definition) is 1. The first-order valence-electron chi connectivity index (χ1n) is 5.99. The highest BCUT2D eigenvalue weighted by atomic mass is 79.9. The van der Waals surface area contributed by atoms with Gasteiger partial charge in [-0.25, -0.2) is 4.39 Å². The first-order chi connectivity index (χ1) is 8.75. The van der Waals surface area contributed by atoms with Crippen LogP contribution in [0.15, 0.2) is 35.3 Å². The Labute approximate surface area is 125 Å². The second-order valence-corrected chi connectivity index (χ2v) is 8.09. The van der Waals surface area contributed by atoms with Crippen LogP contribution in [0.1, 0.15) is 38.8 Å². The van der Waals surface area contributed by atoms with E-state index in [1.54, 1.807) is 12.1 Å². The molecule has 0 aliphatic heterocycles. The van der Waals surface area contributed by atoms with Crippen LogP contribution in [0.2, 0.25) is 0 Å². The zero-order chi connectivity index (χ0) is 14.6. The molecule has 5 heteroatoms. The predicted octanol–water partition coefficient (Wildman–Crippen LogP) is 4.26. The molecule has 0 radical (unpaired) electrons. The molecule has 0 saturated heterocycles. The summed E-state index contributed by atoms with van der Waals surface area (Å²) in [5.41, 5.74) is 0.748. The third kappa shape index (κ3) is 4.91. The van der Waals surface area contributed by atoms with E-state index in [4.69, 9.17) is 0 Å². The van der Waals surface area contributed by atoms with E-state index in [1.807, 2.05) is 20.8 Å². The number of rotatable bonds is 5. The fourth-order valence-corrected chi connectivity index (χ4v) is 2.85. The molecule has 0 aliphatic carbocycles. The maximum absolute atomic E-state index is 13.4. The number of halogens is 2. The molecule has 1 aromatic rings. The lowest BCUT2D eigenvalue weighted by Crippen LogP contribution is -2.41. The molecule has 0 saturated carbocycles. The summed E-state index contributed by atoms with van der Waals surface area (Å²) < 4.78 is 29.0. The lowest BCUT2D eigenvalue weighted by Gasteiger charge is -2.28. The van der Waals surface area contributed by atoms with E-state index in [2.05, 4.69) is 27.2 Å². The smallest absolute Gasteiger partial charge is 0.136 e. The molecule has 19 heavy (non-hydrogen) atoms. The molecule has 0 aliphatic rings. The summed E-state index contributed by atoms with van der Waals surface area (Å²) in [6.45, 7) is 9.37. The van der Waals surface area contributed by atoms with Crippen molar-refractivity contribution in [1.82, 2.24) is 4.72 Å². The molecular weight excluding hydrogens is 329 g/mol. The van der Waals surface area contributed by atoms with Crippen LogP contribution in [0.4, 0.5) is 4.39 Å². The van der Waals surface area contributed by atoms with Gasteiger partial charge in [-0.2, -0.15) is 0 Å². The first kappa shape index (κ1) is 16.7. The van der Waals surface area contributed by atoms with Crippen molar-refractivity contribution in [2.75, 3.05) is 0 Å². The fourth-order valence-electron chi connectivity index (χ4n) is 1.49. The standard InChI is InChI=1S/C14H19BrFNOS/c1-5-6-13(17-19(18)14(2,3)4)11-9-10(16)7-8-12(11)15/h5,7-9,13,17H,1,6H2,2-4H3/t13-,19?/m0/s1. The van der Waals surface area contributed by atoms with E-state index in [9.17, 15) is 8.94 Å². The molecule has 0 fully saturated rings. The molecule has 0 bridgehead atoms. The van der Waals surface area contributed by atoms with E-state index in [0.717, 1.165) is 10.0 Å². The summed E-state index contributed by atoms with van der Waals surface area (Å²) in [7, 11) is 0. The molecule has 1 unspecified atom stereocenters. The molecule has 0 amide bonds.